The number of amides is 1. The van der Waals surface area contributed by atoms with Crippen molar-refractivity contribution in [3.63, 3.8) is 0 Å². The number of alkyl halides is 1. The molecular weight excluding hydrogens is 338 g/mol. The summed E-state index contributed by atoms with van der Waals surface area (Å²) in [5.41, 5.74) is 1.82. The largest absolute Gasteiger partial charge is 0.348 e. The minimum atomic E-state index is -0.0814. The van der Waals surface area contributed by atoms with Gasteiger partial charge in [-0.05, 0) is 36.2 Å². The van der Waals surface area contributed by atoms with Crippen molar-refractivity contribution in [3.05, 3.63) is 70.7 Å². The third-order valence-corrected chi connectivity index (χ3v) is 3.99. The minimum Gasteiger partial charge on any atom is -0.348 e. The Morgan fingerprint density at radius 2 is 1.75 bits per heavy atom. The predicted octanol–water partition coefficient (Wildman–Crippen LogP) is 4.08. The van der Waals surface area contributed by atoms with E-state index < -0.39 is 0 Å². The van der Waals surface area contributed by atoms with Crippen LogP contribution in [-0.2, 0) is 6.42 Å². The van der Waals surface area contributed by atoms with Gasteiger partial charge in [0.2, 0.25) is 0 Å². The van der Waals surface area contributed by atoms with Crippen LogP contribution in [0, 0.1) is 0 Å². The summed E-state index contributed by atoms with van der Waals surface area (Å²) in [6.45, 7) is 0. The molecule has 0 heterocycles. The van der Waals surface area contributed by atoms with Crippen molar-refractivity contribution >= 4 is 33.4 Å². The van der Waals surface area contributed by atoms with Gasteiger partial charge in [0.25, 0.3) is 5.91 Å². The summed E-state index contributed by atoms with van der Waals surface area (Å²) in [5, 5.41) is 4.36. The molecule has 0 fully saturated rings. The van der Waals surface area contributed by atoms with Crippen LogP contribution in [0.3, 0.4) is 0 Å². The maximum atomic E-state index is 12.1. The van der Waals surface area contributed by atoms with Crippen LogP contribution in [0.25, 0.3) is 0 Å². The summed E-state index contributed by atoms with van der Waals surface area (Å²) in [4.78, 5) is 12.1. The molecule has 0 spiro atoms. The molecule has 1 unspecified atom stereocenters. The topological polar surface area (TPSA) is 29.1 Å². The van der Waals surface area contributed by atoms with Gasteiger partial charge in [0.1, 0.15) is 0 Å². The maximum absolute atomic E-state index is 12.1. The fraction of sp³-hybridized carbons (Fsp3) is 0.188. The van der Waals surface area contributed by atoms with Gasteiger partial charge in [0.15, 0.2) is 0 Å². The molecule has 0 aromatic heterocycles. The molecule has 20 heavy (non-hydrogen) atoms. The Labute approximate surface area is 132 Å². The van der Waals surface area contributed by atoms with Crippen molar-refractivity contribution < 1.29 is 4.79 Å². The standard InChI is InChI=1S/C16H15BrClNO/c17-11-15(10-12-4-2-1-3-5-12)19-16(20)13-6-8-14(18)9-7-13/h1-9,15H,10-11H2,(H,19,20). The summed E-state index contributed by atoms with van der Waals surface area (Å²) in [6.07, 6.45) is 0.797. The van der Waals surface area contributed by atoms with Crippen molar-refractivity contribution in [2.45, 2.75) is 12.5 Å². The van der Waals surface area contributed by atoms with E-state index in [9.17, 15) is 4.79 Å². The molecule has 2 rings (SSSR count). The van der Waals surface area contributed by atoms with Gasteiger partial charge in [0, 0.05) is 22.0 Å². The van der Waals surface area contributed by atoms with Crippen LogP contribution in [0.4, 0.5) is 0 Å². The fourth-order valence-electron chi connectivity index (χ4n) is 1.91. The number of hydrogen-bond donors (Lipinski definition) is 1. The Bertz CT molecular complexity index is 556. The molecule has 0 aliphatic carbocycles. The summed E-state index contributed by atoms with van der Waals surface area (Å²) >= 11 is 9.27. The highest BCUT2D eigenvalue weighted by Crippen LogP contribution is 2.11. The van der Waals surface area contributed by atoms with E-state index in [1.54, 1.807) is 24.3 Å². The number of carbonyl (C=O) groups is 1. The Morgan fingerprint density at radius 3 is 2.35 bits per heavy atom. The van der Waals surface area contributed by atoms with Crippen molar-refractivity contribution in [2.24, 2.45) is 0 Å². The lowest BCUT2D eigenvalue weighted by Gasteiger charge is -2.16. The van der Waals surface area contributed by atoms with E-state index in [-0.39, 0.29) is 11.9 Å². The zero-order valence-electron chi connectivity index (χ0n) is 10.9. The lowest BCUT2D eigenvalue weighted by atomic mass is 10.1. The smallest absolute Gasteiger partial charge is 0.251 e. The van der Waals surface area contributed by atoms with Gasteiger partial charge < -0.3 is 5.32 Å². The second-order valence-electron chi connectivity index (χ2n) is 4.52. The van der Waals surface area contributed by atoms with E-state index in [1.165, 1.54) is 5.56 Å². The summed E-state index contributed by atoms with van der Waals surface area (Å²) in [7, 11) is 0. The number of benzene rings is 2. The van der Waals surface area contributed by atoms with Crippen molar-refractivity contribution in [1.29, 1.82) is 0 Å². The zero-order chi connectivity index (χ0) is 14.4. The molecule has 0 bridgehead atoms. The van der Waals surface area contributed by atoms with Crippen LogP contribution >= 0.6 is 27.5 Å². The molecule has 2 nitrogen and oxygen atoms in total. The van der Waals surface area contributed by atoms with Gasteiger partial charge in [-0.3, -0.25) is 4.79 Å². The van der Waals surface area contributed by atoms with E-state index in [0.717, 1.165) is 6.42 Å². The first kappa shape index (κ1) is 15.1. The van der Waals surface area contributed by atoms with Crippen LogP contribution in [0.15, 0.2) is 54.6 Å². The van der Waals surface area contributed by atoms with Crippen molar-refractivity contribution in [2.75, 3.05) is 5.33 Å². The van der Waals surface area contributed by atoms with E-state index in [0.29, 0.717) is 15.9 Å². The molecule has 0 aliphatic heterocycles. The predicted molar refractivity (Wildman–Crippen MR) is 86.6 cm³/mol. The molecule has 104 valence electrons. The van der Waals surface area contributed by atoms with Crippen molar-refractivity contribution in [3.8, 4) is 0 Å². The van der Waals surface area contributed by atoms with Crippen LogP contribution in [0.1, 0.15) is 15.9 Å². The van der Waals surface area contributed by atoms with Crippen molar-refractivity contribution in [1.82, 2.24) is 5.32 Å². The van der Waals surface area contributed by atoms with Crippen LogP contribution in [0.2, 0.25) is 5.02 Å². The molecule has 1 N–H and O–H groups in total. The minimum absolute atomic E-state index is 0.0561. The highest BCUT2D eigenvalue weighted by atomic mass is 79.9. The van der Waals surface area contributed by atoms with Gasteiger partial charge in [-0.2, -0.15) is 0 Å². The van der Waals surface area contributed by atoms with E-state index in [2.05, 4.69) is 33.4 Å². The second-order valence-corrected chi connectivity index (χ2v) is 5.61. The molecule has 1 amide bonds. The normalized spacial score (nSPS) is 11.9. The number of carbonyl (C=O) groups excluding carboxylic acids is 1. The average Bonchev–Trinajstić information content (AvgIpc) is 2.48. The van der Waals surface area contributed by atoms with Gasteiger partial charge in [-0.25, -0.2) is 0 Å². The van der Waals surface area contributed by atoms with Gasteiger partial charge in [-0.1, -0.05) is 57.9 Å². The summed E-state index contributed by atoms with van der Waals surface area (Å²) in [6, 6.07) is 17.1. The molecule has 2 aromatic carbocycles. The first-order chi connectivity index (χ1) is 9.69. The molecule has 0 saturated carbocycles. The fourth-order valence-corrected chi connectivity index (χ4v) is 2.43. The molecule has 0 saturated heterocycles. The van der Waals surface area contributed by atoms with Gasteiger partial charge in [0.05, 0.1) is 0 Å². The third-order valence-electron chi connectivity index (χ3n) is 2.95. The summed E-state index contributed by atoms with van der Waals surface area (Å²) in [5.74, 6) is -0.0814. The molecule has 4 heteroatoms. The molecular formula is C16H15BrClNO. The number of rotatable bonds is 5. The average molecular weight is 353 g/mol. The first-order valence-electron chi connectivity index (χ1n) is 6.35. The molecule has 1 atom stereocenters. The van der Waals surface area contributed by atoms with E-state index >= 15 is 0 Å². The highest BCUT2D eigenvalue weighted by Gasteiger charge is 2.13. The zero-order valence-corrected chi connectivity index (χ0v) is 13.2. The van der Waals surface area contributed by atoms with Gasteiger partial charge >= 0.3 is 0 Å². The Kier molecular flexibility index (Phi) is 5.62. The third kappa shape index (κ3) is 4.36. The molecule has 0 aliphatic rings. The number of halogens is 2. The van der Waals surface area contributed by atoms with Crippen LogP contribution < -0.4 is 5.32 Å². The second kappa shape index (κ2) is 7.46. The SMILES string of the molecule is O=C(NC(CBr)Cc1ccccc1)c1ccc(Cl)cc1. The lowest BCUT2D eigenvalue weighted by Crippen LogP contribution is -2.37. The monoisotopic (exact) mass is 351 g/mol. The maximum Gasteiger partial charge on any atom is 0.251 e. The van der Waals surface area contributed by atoms with Crippen LogP contribution in [-0.4, -0.2) is 17.3 Å². The Balaban J connectivity index is 1.99. The quantitative estimate of drug-likeness (QED) is 0.807. The lowest BCUT2D eigenvalue weighted by molar-refractivity contribution is 0.0941. The number of hydrogen-bond acceptors (Lipinski definition) is 1. The molecule has 2 aromatic rings. The first-order valence-corrected chi connectivity index (χ1v) is 7.85. The Hall–Kier alpha value is -1.32. The number of nitrogens with one attached hydrogen (secondary N) is 1. The molecule has 0 radical (unpaired) electrons. The van der Waals surface area contributed by atoms with E-state index in [4.69, 9.17) is 11.6 Å². The van der Waals surface area contributed by atoms with Gasteiger partial charge in [-0.15, -0.1) is 0 Å². The summed E-state index contributed by atoms with van der Waals surface area (Å²) < 4.78 is 0. The van der Waals surface area contributed by atoms with Crippen LogP contribution in [0.5, 0.6) is 0 Å². The Morgan fingerprint density at radius 1 is 1.10 bits per heavy atom. The highest BCUT2D eigenvalue weighted by molar-refractivity contribution is 9.09. The van der Waals surface area contributed by atoms with E-state index in [1.807, 2.05) is 18.2 Å².